The number of carboxylic acids is 1. The van der Waals surface area contributed by atoms with Gasteiger partial charge >= 0.3 is 5.97 Å². The van der Waals surface area contributed by atoms with Gasteiger partial charge in [0.1, 0.15) is 39.5 Å². The Morgan fingerprint density at radius 2 is 2.17 bits per heavy atom. The molecule has 7 nitrogen and oxygen atoms in total. The standard InChI is InChI=1S/C20H20FN3O4S/c1-10-16-18(22-9-23-19(16)29-17(10)20(26)27)24-14-6-5-11(21)7-15(14)28-13-4-2-3-12(25)8-13/h5-7,9,12-13,25H,2-4,8H2,1H3,(H,26,27)(H,22,23,24)/t12-,13-/m1/s1. The van der Waals surface area contributed by atoms with E-state index in [0.29, 0.717) is 39.5 Å². The second kappa shape index (κ2) is 7.92. The molecule has 2 atom stereocenters. The highest BCUT2D eigenvalue weighted by Gasteiger charge is 2.23. The number of ether oxygens (including phenoxy) is 1. The van der Waals surface area contributed by atoms with Crippen molar-refractivity contribution in [2.45, 2.75) is 44.8 Å². The minimum Gasteiger partial charge on any atom is -0.488 e. The Kier molecular flexibility index (Phi) is 5.33. The first-order valence-electron chi connectivity index (χ1n) is 9.31. The number of halogens is 1. The van der Waals surface area contributed by atoms with E-state index >= 15 is 0 Å². The molecule has 0 radical (unpaired) electrons. The zero-order valence-corrected chi connectivity index (χ0v) is 16.5. The van der Waals surface area contributed by atoms with Gasteiger partial charge in [-0.15, -0.1) is 11.3 Å². The van der Waals surface area contributed by atoms with Crippen LogP contribution in [0.25, 0.3) is 10.2 Å². The number of aliphatic hydroxyl groups is 1. The van der Waals surface area contributed by atoms with Gasteiger partial charge in [-0.1, -0.05) is 0 Å². The number of hydrogen-bond acceptors (Lipinski definition) is 7. The Balaban J connectivity index is 1.69. The van der Waals surface area contributed by atoms with E-state index < -0.39 is 17.9 Å². The molecule has 29 heavy (non-hydrogen) atoms. The van der Waals surface area contributed by atoms with Crippen LogP contribution in [0.3, 0.4) is 0 Å². The summed E-state index contributed by atoms with van der Waals surface area (Å²) in [6.07, 6.45) is 3.62. The molecule has 0 spiro atoms. The second-order valence-electron chi connectivity index (χ2n) is 7.09. The number of hydrogen-bond donors (Lipinski definition) is 3. The van der Waals surface area contributed by atoms with Crippen LogP contribution in [0.4, 0.5) is 15.9 Å². The fraction of sp³-hybridized carbons (Fsp3) is 0.350. The van der Waals surface area contributed by atoms with Crippen molar-refractivity contribution in [2.24, 2.45) is 0 Å². The fourth-order valence-electron chi connectivity index (χ4n) is 3.60. The smallest absolute Gasteiger partial charge is 0.346 e. The Morgan fingerprint density at radius 3 is 2.93 bits per heavy atom. The molecule has 1 aromatic carbocycles. The molecule has 1 saturated carbocycles. The third kappa shape index (κ3) is 4.01. The zero-order valence-electron chi connectivity index (χ0n) is 15.7. The topological polar surface area (TPSA) is 105 Å². The molecular formula is C20H20FN3O4S. The number of benzene rings is 1. The van der Waals surface area contributed by atoms with E-state index in [1.807, 2.05) is 0 Å². The lowest BCUT2D eigenvalue weighted by atomic mass is 9.95. The highest BCUT2D eigenvalue weighted by molar-refractivity contribution is 7.20. The molecule has 3 N–H and O–H groups in total. The molecule has 1 aliphatic carbocycles. The maximum atomic E-state index is 13.9. The molecule has 9 heteroatoms. The number of nitrogens with one attached hydrogen (secondary N) is 1. The Bertz CT molecular complexity index is 1070. The third-order valence-electron chi connectivity index (χ3n) is 5.01. The summed E-state index contributed by atoms with van der Waals surface area (Å²) in [5.74, 6) is -0.702. The van der Waals surface area contributed by atoms with Gasteiger partial charge in [-0.05, 0) is 43.9 Å². The van der Waals surface area contributed by atoms with E-state index in [0.717, 1.165) is 30.6 Å². The quantitative estimate of drug-likeness (QED) is 0.570. The van der Waals surface area contributed by atoms with Gasteiger partial charge in [0.05, 0.1) is 17.2 Å². The van der Waals surface area contributed by atoms with Crippen molar-refractivity contribution in [3.8, 4) is 5.75 Å². The van der Waals surface area contributed by atoms with E-state index in [1.54, 1.807) is 13.0 Å². The lowest BCUT2D eigenvalue weighted by molar-refractivity contribution is 0.0538. The van der Waals surface area contributed by atoms with E-state index in [9.17, 15) is 19.4 Å². The number of carbonyl (C=O) groups is 1. The van der Waals surface area contributed by atoms with Crippen molar-refractivity contribution < 1.29 is 24.1 Å². The molecule has 152 valence electrons. The average molecular weight is 417 g/mol. The normalized spacial score (nSPS) is 19.3. The molecule has 0 saturated heterocycles. The van der Waals surface area contributed by atoms with Crippen molar-refractivity contribution in [3.05, 3.63) is 40.8 Å². The van der Waals surface area contributed by atoms with E-state index in [1.165, 1.54) is 18.5 Å². The molecule has 0 bridgehead atoms. The first-order chi connectivity index (χ1) is 13.9. The van der Waals surface area contributed by atoms with Gasteiger partial charge in [0.15, 0.2) is 0 Å². The number of aromatic carboxylic acids is 1. The lowest BCUT2D eigenvalue weighted by Crippen LogP contribution is -2.28. The number of carboxylic acid groups (broad SMARTS) is 1. The van der Waals surface area contributed by atoms with E-state index in [4.69, 9.17) is 4.74 Å². The maximum Gasteiger partial charge on any atom is 0.346 e. The highest BCUT2D eigenvalue weighted by Crippen LogP contribution is 2.37. The van der Waals surface area contributed by atoms with Crippen molar-refractivity contribution in [2.75, 3.05) is 5.32 Å². The predicted molar refractivity (Wildman–Crippen MR) is 108 cm³/mol. The van der Waals surface area contributed by atoms with E-state index in [2.05, 4.69) is 15.3 Å². The summed E-state index contributed by atoms with van der Waals surface area (Å²) < 4.78 is 19.9. The van der Waals surface area contributed by atoms with Gasteiger partial charge in [-0.3, -0.25) is 0 Å². The Labute approximate surface area is 170 Å². The summed E-state index contributed by atoms with van der Waals surface area (Å²) in [5, 5.41) is 23.0. The SMILES string of the molecule is Cc1c(C(=O)O)sc2ncnc(Nc3ccc(F)cc3O[C@@H]3CCC[C@@H](O)C3)c12. The van der Waals surface area contributed by atoms with E-state index in [-0.39, 0.29) is 11.0 Å². The Morgan fingerprint density at radius 1 is 1.34 bits per heavy atom. The largest absolute Gasteiger partial charge is 0.488 e. The van der Waals surface area contributed by atoms with Gasteiger partial charge in [-0.2, -0.15) is 0 Å². The van der Waals surface area contributed by atoms with Crippen LogP contribution in [0.5, 0.6) is 5.75 Å². The number of rotatable bonds is 5. The second-order valence-corrected chi connectivity index (χ2v) is 8.09. The summed E-state index contributed by atoms with van der Waals surface area (Å²) in [6.45, 7) is 1.71. The van der Waals surface area contributed by atoms with Gasteiger partial charge in [0.25, 0.3) is 0 Å². The zero-order chi connectivity index (χ0) is 20.5. The monoisotopic (exact) mass is 417 g/mol. The van der Waals surface area contributed by atoms with Gasteiger partial charge in [0.2, 0.25) is 0 Å². The summed E-state index contributed by atoms with van der Waals surface area (Å²) in [7, 11) is 0. The molecule has 0 aliphatic heterocycles. The minimum absolute atomic E-state index is 0.201. The first-order valence-corrected chi connectivity index (χ1v) is 10.1. The lowest BCUT2D eigenvalue weighted by Gasteiger charge is -2.27. The first kappa shape index (κ1) is 19.5. The number of thiophene rings is 1. The summed E-state index contributed by atoms with van der Waals surface area (Å²) in [4.78, 5) is 20.6. The summed E-state index contributed by atoms with van der Waals surface area (Å²) >= 11 is 1.08. The number of fused-ring (bicyclic) bond motifs is 1. The molecule has 0 unspecified atom stereocenters. The maximum absolute atomic E-state index is 13.9. The van der Waals surface area contributed by atoms with Crippen LogP contribution in [0, 0.1) is 12.7 Å². The van der Waals surface area contributed by atoms with Crippen LogP contribution in [0.1, 0.15) is 40.9 Å². The number of aliphatic hydroxyl groups excluding tert-OH is 1. The van der Waals surface area contributed by atoms with Crippen LogP contribution in [-0.4, -0.2) is 38.4 Å². The molecule has 1 fully saturated rings. The number of nitrogens with zero attached hydrogens (tertiary/aromatic N) is 2. The molecule has 3 aromatic rings. The number of aromatic nitrogens is 2. The van der Waals surface area contributed by atoms with Gasteiger partial charge in [0, 0.05) is 12.5 Å². The summed E-state index contributed by atoms with van der Waals surface area (Å²) in [5.41, 5.74) is 1.08. The molecule has 4 rings (SSSR count). The van der Waals surface area contributed by atoms with Crippen molar-refractivity contribution in [3.63, 3.8) is 0 Å². The highest BCUT2D eigenvalue weighted by atomic mass is 32.1. The van der Waals surface area contributed by atoms with Crippen molar-refractivity contribution >= 4 is 39.0 Å². The van der Waals surface area contributed by atoms with Crippen molar-refractivity contribution in [1.29, 1.82) is 0 Å². The van der Waals surface area contributed by atoms with Gasteiger partial charge < -0.3 is 20.3 Å². The van der Waals surface area contributed by atoms with Crippen LogP contribution >= 0.6 is 11.3 Å². The van der Waals surface area contributed by atoms with Crippen LogP contribution in [-0.2, 0) is 0 Å². The minimum atomic E-state index is -1.02. The van der Waals surface area contributed by atoms with Gasteiger partial charge in [-0.25, -0.2) is 19.2 Å². The average Bonchev–Trinajstić information content (AvgIpc) is 3.02. The Hall–Kier alpha value is -2.78. The summed E-state index contributed by atoms with van der Waals surface area (Å²) in [6, 6.07) is 4.16. The third-order valence-corrected chi connectivity index (χ3v) is 6.20. The molecule has 1 aliphatic rings. The molecule has 2 heterocycles. The van der Waals surface area contributed by atoms with Crippen LogP contribution in [0.15, 0.2) is 24.5 Å². The van der Waals surface area contributed by atoms with Crippen LogP contribution in [0.2, 0.25) is 0 Å². The molecule has 0 amide bonds. The van der Waals surface area contributed by atoms with Crippen molar-refractivity contribution in [1.82, 2.24) is 9.97 Å². The molecule has 2 aromatic heterocycles. The number of aryl methyl sites for hydroxylation is 1. The molecular weight excluding hydrogens is 397 g/mol. The predicted octanol–water partition coefficient (Wildman–Crippen LogP) is 4.26. The number of anilines is 2. The fourth-order valence-corrected chi connectivity index (χ4v) is 4.59. The van der Waals surface area contributed by atoms with Crippen LogP contribution < -0.4 is 10.1 Å².